The molecule has 0 aliphatic heterocycles. The number of esters is 1. The third-order valence-corrected chi connectivity index (χ3v) is 5.69. The van der Waals surface area contributed by atoms with Gasteiger partial charge < -0.3 is 10.5 Å². The standard InChI is InChI=1S/C14H23NO2/c1-8-6-14(7-12(8)17-9(2)16)11-4-3-10(5-11)13(14)15/h8,10-13H,3-7,15H2,1-2H3/t8-,10-,11+,12-,13+,14?/m1/s1. The van der Waals surface area contributed by atoms with Gasteiger partial charge in [0.2, 0.25) is 0 Å². The molecular formula is C14H23NO2. The van der Waals surface area contributed by atoms with Gasteiger partial charge in [-0.1, -0.05) is 6.92 Å². The summed E-state index contributed by atoms with van der Waals surface area (Å²) in [5.74, 6) is 1.87. The number of carbonyl (C=O) groups excluding carboxylic acids is 1. The topological polar surface area (TPSA) is 52.3 Å². The Labute approximate surface area is 103 Å². The minimum absolute atomic E-state index is 0.109. The maximum atomic E-state index is 11.1. The normalized spacial score (nSPS) is 52.3. The van der Waals surface area contributed by atoms with Crippen LogP contribution in [0.5, 0.6) is 0 Å². The van der Waals surface area contributed by atoms with E-state index in [1.807, 2.05) is 0 Å². The second-order valence-electron chi connectivity index (χ2n) is 6.56. The van der Waals surface area contributed by atoms with Crippen molar-refractivity contribution in [1.82, 2.24) is 0 Å². The van der Waals surface area contributed by atoms with Crippen LogP contribution < -0.4 is 5.73 Å². The van der Waals surface area contributed by atoms with Gasteiger partial charge >= 0.3 is 5.97 Å². The number of nitrogens with two attached hydrogens (primary N) is 1. The Kier molecular flexibility index (Phi) is 2.51. The Bertz CT molecular complexity index is 339. The van der Waals surface area contributed by atoms with E-state index in [0.29, 0.717) is 17.4 Å². The lowest BCUT2D eigenvalue weighted by Gasteiger charge is -2.39. The summed E-state index contributed by atoms with van der Waals surface area (Å²) >= 11 is 0. The minimum Gasteiger partial charge on any atom is -0.462 e. The molecule has 3 aliphatic rings. The van der Waals surface area contributed by atoms with E-state index in [4.69, 9.17) is 10.5 Å². The van der Waals surface area contributed by atoms with Gasteiger partial charge in [-0.25, -0.2) is 0 Å². The summed E-state index contributed by atoms with van der Waals surface area (Å²) < 4.78 is 5.47. The van der Waals surface area contributed by atoms with Crippen LogP contribution >= 0.6 is 0 Å². The Morgan fingerprint density at radius 3 is 2.71 bits per heavy atom. The molecule has 17 heavy (non-hydrogen) atoms. The summed E-state index contributed by atoms with van der Waals surface area (Å²) in [4.78, 5) is 11.1. The summed E-state index contributed by atoms with van der Waals surface area (Å²) in [7, 11) is 0. The third kappa shape index (κ3) is 1.55. The third-order valence-electron chi connectivity index (χ3n) is 5.69. The fourth-order valence-electron chi connectivity index (χ4n) is 4.97. The monoisotopic (exact) mass is 237 g/mol. The Hall–Kier alpha value is -0.570. The molecule has 2 bridgehead atoms. The Morgan fingerprint density at radius 2 is 2.12 bits per heavy atom. The first-order valence-electron chi connectivity index (χ1n) is 6.96. The molecule has 2 N–H and O–H groups in total. The van der Waals surface area contributed by atoms with Gasteiger partial charge in [0.25, 0.3) is 0 Å². The van der Waals surface area contributed by atoms with Crippen molar-refractivity contribution < 1.29 is 9.53 Å². The van der Waals surface area contributed by atoms with Gasteiger partial charge in [-0.15, -0.1) is 0 Å². The van der Waals surface area contributed by atoms with E-state index < -0.39 is 0 Å². The molecule has 0 aromatic carbocycles. The molecule has 0 heterocycles. The van der Waals surface area contributed by atoms with Gasteiger partial charge in [0.15, 0.2) is 0 Å². The van der Waals surface area contributed by atoms with E-state index in [0.717, 1.165) is 24.7 Å². The molecule has 1 spiro atoms. The first-order valence-corrected chi connectivity index (χ1v) is 6.96. The lowest BCUT2D eigenvalue weighted by molar-refractivity contribution is -0.148. The average Bonchev–Trinajstić information content (AvgIpc) is 2.87. The van der Waals surface area contributed by atoms with Crippen LogP contribution in [-0.4, -0.2) is 18.1 Å². The zero-order valence-corrected chi connectivity index (χ0v) is 10.8. The van der Waals surface area contributed by atoms with Crippen LogP contribution in [0.3, 0.4) is 0 Å². The lowest BCUT2D eigenvalue weighted by atomic mass is 9.68. The molecule has 0 aromatic rings. The second kappa shape index (κ2) is 3.71. The first kappa shape index (κ1) is 11.5. The molecule has 3 nitrogen and oxygen atoms in total. The van der Waals surface area contributed by atoms with Crippen molar-refractivity contribution >= 4 is 5.97 Å². The summed E-state index contributed by atoms with van der Waals surface area (Å²) in [6.07, 6.45) is 6.26. The van der Waals surface area contributed by atoms with Crippen molar-refractivity contribution in [2.24, 2.45) is 28.9 Å². The van der Waals surface area contributed by atoms with Crippen molar-refractivity contribution in [3.8, 4) is 0 Å². The molecule has 3 heteroatoms. The van der Waals surface area contributed by atoms with Gasteiger partial charge in [0, 0.05) is 13.0 Å². The van der Waals surface area contributed by atoms with Gasteiger partial charge in [0.05, 0.1) is 0 Å². The van der Waals surface area contributed by atoms with Crippen molar-refractivity contribution in [3.63, 3.8) is 0 Å². The van der Waals surface area contributed by atoms with E-state index in [9.17, 15) is 4.79 Å². The van der Waals surface area contributed by atoms with Gasteiger partial charge in [-0.05, 0) is 55.3 Å². The number of fused-ring (bicyclic) bond motifs is 3. The first-order chi connectivity index (χ1) is 8.03. The second-order valence-corrected chi connectivity index (χ2v) is 6.56. The molecule has 0 radical (unpaired) electrons. The van der Waals surface area contributed by atoms with Crippen LogP contribution in [0, 0.1) is 23.2 Å². The van der Waals surface area contributed by atoms with E-state index in [-0.39, 0.29) is 12.1 Å². The van der Waals surface area contributed by atoms with Crippen LogP contribution in [0.15, 0.2) is 0 Å². The van der Waals surface area contributed by atoms with Gasteiger partial charge in [-0.3, -0.25) is 4.79 Å². The predicted molar refractivity (Wildman–Crippen MR) is 65.2 cm³/mol. The van der Waals surface area contributed by atoms with Crippen LogP contribution in [0.1, 0.15) is 46.0 Å². The molecule has 96 valence electrons. The number of hydrogen-bond donors (Lipinski definition) is 1. The molecule has 1 unspecified atom stereocenters. The molecule has 0 aromatic heterocycles. The highest BCUT2D eigenvalue weighted by Gasteiger charge is 2.61. The van der Waals surface area contributed by atoms with Crippen molar-refractivity contribution in [3.05, 3.63) is 0 Å². The number of carbonyl (C=O) groups is 1. The number of hydrogen-bond acceptors (Lipinski definition) is 3. The molecule has 0 saturated heterocycles. The maximum absolute atomic E-state index is 11.1. The molecule has 6 atom stereocenters. The highest BCUT2D eigenvalue weighted by Crippen LogP contribution is 2.63. The smallest absolute Gasteiger partial charge is 0.302 e. The summed E-state index contributed by atoms with van der Waals surface area (Å²) in [6, 6.07) is 0.351. The van der Waals surface area contributed by atoms with Gasteiger partial charge in [0.1, 0.15) is 6.10 Å². The van der Waals surface area contributed by atoms with Crippen molar-refractivity contribution in [1.29, 1.82) is 0 Å². The molecule has 3 fully saturated rings. The fourth-order valence-corrected chi connectivity index (χ4v) is 4.97. The molecule has 3 aliphatic carbocycles. The van der Waals surface area contributed by atoms with E-state index in [2.05, 4.69) is 6.92 Å². The zero-order chi connectivity index (χ0) is 12.2. The average molecular weight is 237 g/mol. The highest BCUT2D eigenvalue weighted by atomic mass is 16.5. The Morgan fingerprint density at radius 1 is 1.35 bits per heavy atom. The van der Waals surface area contributed by atoms with Gasteiger partial charge in [-0.2, -0.15) is 0 Å². The number of ether oxygens (including phenoxy) is 1. The largest absolute Gasteiger partial charge is 0.462 e. The Balaban J connectivity index is 1.80. The van der Waals surface area contributed by atoms with Crippen LogP contribution in [0.4, 0.5) is 0 Å². The molecule has 3 saturated carbocycles. The predicted octanol–water partition coefficient (Wildman–Crippen LogP) is 2.09. The van der Waals surface area contributed by atoms with Crippen molar-refractivity contribution in [2.45, 2.75) is 58.1 Å². The lowest BCUT2D eigenvalue weighted by Crippen LogP contribution is -2.45. The van der Waals surface area contributed by atoms with Crippen molar-refractivity contribution in [2.75, 3.05) is 0 Å². The SMILES string of the molecule is CC(=O)O[C@@H]1CC2(C[C@H]1C)[C@H]1CC[C@H](C1)[C@@H]2N. The van der Waals surface area contributed by atoms with Crippen LogP contribution in [-0.2, 0) is 9.53 Å². The number of rotatable bonds is 1. The fraction of sp³-hybridized carbons (Fsp3) is 0.929. The quantitative estimate of drug-likeness (QED) is 0.710. The molecule has 3 rings (SSSR count). The van der Waals surface area contributed by atoms with Crippen LogP contribution in [0.25, 0.3) is 0 Å². The maximum Gasteiger partial charge on any atom is 0.302 e. The molecular weight excluding hydrogens is 214 g/mol. The van der Waals surface area contributed by atoms with E-state index in [1.54, 1.807) is 0 Å². The summed E-state index contributed by atoms with van der Waals surface area (Å²) in [5.41, 5.74) is 6.77. The highest BCUT2D eigenvalue weighted by molar-refractivity contribution is 5.66. The van der Waals surface area contributed by atoms with E-state index >= 15 is 0 Å². The minimum atomic E-state index is -0.143. The zero-order valence-electron chi connectivity index (χ0n) is 10.8. The molecule has 0 amide bonds. The van der Waals surface area contributed by atoms with E-state index in [1.165, 1.54) is 26.2 Å². The van der Waals surface area contributed by atoms with Crippen LogP contribution in [0.2, 0.25) is 0 Å². The summed E-state index contributed by atoms with van der Waals surface area (Å²) in [6.45, 7) is 3.72. The summed E-state index contributed by atoms with van der Waals surface area (Å²) in [5, 5.41) is 0.